The molecule has 0 aliphatic rings. The minimum Gasteiger partial charge on any atom is -0.457 e. The summed E-state index contributed by atoms with van der Waals surface area (Å²) in [4.78, 5) is 22.7. The van der Waals surface area contributed by atoms with Gasteiger partial charge in [0.2, 0.25) is 0 Å². The van der Waals surface area contributed by atoms with Gasteiger partial charge in [0.25, 0.3) is 5.91 Å². The zero-order chi connectivity index (χ0) is 17.1. The van der Waals surface area contributed by atoms with E-state index in [0.29, 0.717) is 27.4 Å². The lowest BCUT2D eigenvalue weighted by atomic mass is 10.2. The van der Waals surface area contributed by atoms with Crippen LogP contribution in [0.2, 0.25) is 5.02 Å². The standard InChI is InChI=1S/C16H14ClN5O2/c1-19-16(18)22-15(23)14-8-11-12(17)6-10(7-13(11)21-14)24-9-2-4-20-5-3-9/h2-8,21H,1H3,(H3,18,19,22,23). The summed E-state index contributed by atoms with van der Waals surface area (Å²) in [6.45, 7) is 0. The number of carbonyl (C=O) groups is 1. The smallest absolute Gasteiger partial charge is 0.296 e. The molecule has 0 atom stereocenters. The molecule has 3 rings (SSSR count). The molecule has 4 N–H and O–H groups in total. The summed E-state index contributed by atoms with van der Waals surface area (Å²) in [6, 6.07) is 8.53. The third-order valence-electron chi connectivity index (χ3n) is 3.26. The molecule has 122 valence electrons. The summed E-state index contributed by atoms with van der Waals surface area (Å²) in [6.07, 6.45) is 3.26. The third kappa shape index (κ3) is 3.31. The first-order chi connectivity index (χ1) is 11.6. The molecule has 0 aliphatic carbocycles. The van der Waals surface area contributed by atoms with E-state index in [1.807, 2.05) is 0 Å². The number of aromatic amines is 1. The van der Waals surface area contributed by atoms with Gasteiger partial charge in [-0.15, -0.1) is 0 Å². The Balaban J connectivity index is 1.95. The number of aliphatic imine (C=N–C) groups is 1. The maximum atomic E-state index is 12.1. The van der Waals surface area contributed by atoms with Crippen LogP contribution in [0.15, 0.2) is 47.7 Å². The van der Waals surface area contributed by atoms with Crippen LogP contribution in [0.5, 0.6) is 11.5 Å². The van der Waals surface area contributed by atoms with Gasteiger partial charge in [0.1, 0.15) is 17.2 Å². The number of hydrogen-bond donors (Lipinski definition) is 3. The lowest BCUT2D eigenvalue weighted by Gasteiger charge is -2.06. The average Bonchev–Trinajstić information content (AvgIpc) is 3.00. The van der Waals surface area contributed by atoms with E-state index >= 15 is 0 Å². The number of carbonyl (C=O) groups excluding carboxylic acids is 1. The quantitative estimate of drug-likeness (QED) is 0.501. The van der Waals surface area contributed by atoms with Crippen LogP contribution in [-0.2, 0) is 0 Å². The first kappa shape index (κ1) is 15.8. The molecule has 0 saturated heterocycles. The molecule has 0 aliphatic heterocycles. The Labute approximate surface area is 142 Å². The minimum absolute atomic E-state index is 0.0338. The minimum atomic E-state index is -0.495. The van der Waals surface area contributed by atoms with Gasteiger partial charge in [-0.25, -0.2) is 0 Å². The fraction of sp³-hybridized carbons (Fsp3) is 0.0625. The number of pyridine rings is 1. The molecular formula is C16H14ClN5O2. The van der Waals surface area contributed by atoms with Gasteiger partial charge in [-0.05, 0) is 18.2 Å². The number of aromatic nitrogens is 2. The Kier molecular flexibility index (Phi) is 4.35. The van der Waals surface area contributed by atoms with Gasteiger partial charge < -0.3 is 20.8 Å². The molecule has 2 aromatic heterocycles. The van der Waals surface area contributed by atoms with Gasteiger partial charge in [0.05, 0.1) is 10.5 Å². The summed E-state index contributed by atoms with van der Waals surface area (Å²) >= 11 is 6.28. The highest BCUT2D eigenvalue weighted by Gasteiger charge is 2.13. The predicted molar refractivity (Wildman–Crippen MR) is 92.6 cm³/mol. The number of amides is 1. The molecular weight excluding hydrogens is 330 g/mol. The molecule has 24 heavy (non-hydrogen) atoms. The highest BCUT2D eigenvalue weighted by atomic mass is 35.5. The highest BCUT2D eigenvalue weighted by Crippen LogP contribution is 2.32. The van der Waals surface area contributed by atoms with Crippen LogP contribution in [0.4, 0.5) is 0 Å². The number of benzene rings is 1. The molecule has 1 aromatic carbocycles. The SMILES string of the molecule is CNC(N)=NC(=O)c1cc2c(Cl)cc(Oc3ccncc3)cc2[nH]1. The number of guanidine groups is 1. The maximum absolute atomic E-state index is 12.1. The summed E-state index contributed by atoms with van der Waals surface area (Å²) < 4.78 is 5.73. The molecule has 8 heteroatoms. The Hall–Kier alpha value is -3.06. The number of nitrogens with two attached hydrogens (primary N) is 1. The monoisotopic (exact) mass is 343 g/mol. The Morgan fingerprint density at radius 2 is 2.04 bits per heavy atom. The summed E-state index contributed by atoms with van der Waals surface area (Å²) in [5, 5.41) is 3.74. The van der Waals surface area contributed by atoms with Crippen molar-refractivity contribution < 1.29 is 9.53 Å². The summed E-state index contributed by atoms with van der Waals surface area (Å²) in [5.41, 5.74) is 6.44. The van der Waals surface area contributed by atoms with E-state index < -0.39 is 5.91 Å². The third-order valence-corrected chi connectivity index (χ3v) is 3.57. The maximum Gasteiger partial charge on any atom is 0.296 e. The van der Waals surface area contributed by atoms with Crippen molar-refractivity contribution in [1.29, 1.82) is 0 Å². The van der Waals surface area contributed by atoms with Gasteiger partial charge in [0.15, 0.2) is 5.96 Å². The number of nitrogens with zero attached hydrogens (tertiary/aromatic N) is 2. The topological polar surface area (TPSA) is 105 Å². The first-order valence-electron chi connectivity index (χ1n) is 7.03. The second kappa shape index (κ2) is 6.59. The summed E-state index contributed by atoms with van der Waals surface area (Å²) in [7, 11) is 1.58. The molecule has 0 radical (unpaired) electrons. The average molecular weight is 344 g/mol. The van der Waals surface area contributed by atoms with Crippen molar-refractivity contribution in [1.82, 2.24) is 15.3 Å². The van der Waals surface area contributed by atoms with Gasteiger partial charge in [-0.2, -0.15) is 4.99 Å². The summed E-state index contributed by atoms with van der Waals surface area (Å²) in [5.74, 6) is 0.713. The highest BCUT2D eigenvalue weighted by molar-refractivity contribution is 6.35. The largest absolute Gasteiger partial charge is 0.457 e. The fourth-order valence-corrected chi connectivity index (χ4v) is 2.37. The molecule has 0 spiro atoms. The van der Waals surface area contributed by atoms with E-state index in [1.54, 1.807) is 49.8 Å². The molecule has 0 saturated carbocycles. The Morgan fingerprint density at radius 1 is 1.29 bits per heavy atom. The number of H-pyrrole nitrogens is 1. The van der Waals surface area contributed by atoms with Crippen LogP contribution in [0, 0.1) is 0 Å². The van der Waals surface area contributed by atoms with Crippen LogP contribution in [-0.4, -0.2) is 28.9 Å². The number of hydrogen-bond acceptors (Lipinski definition) is 3. The van der Waals surface area contributed by atoms with Crippen molar-refractivity contribution in [3.8, 4) is 11.5 Å². The van der Waals surface area contributed by atoms with E-state index in [-0.39, 0.29) is 11.7 Å². The zero-order valence-electron chi connectivity index (χ0n) is 12.7. The lowest BCUT2D eigenvalue weighted by Crippen LogP contribution is -2.28. The van der Waals surface area contributed by atoms with Crippen molar-refractivity contribution in [3.63, 3.8) is 0 Å². The first-order valence-corrected chi connectivity index (χ1v) is 7.41. The van der Waals surface area contributed by atoms with Crippen LogP contribution in [0.25, 0.3) is 10.9 Å². The van der Waals surface area contributed by atoms with Gasteiger partial charge in [-0.3, -0.25) is 9.78 Å². The number of fused-ring (bicyclic) bond motifs is 1. The van der Waals surface area contributed by atoms with Crippen molar-refractivity contribution in [2.24, 2.45) is 10.7 Å². The van der Waals surface area contributed by atoms with E-state index in [1.165, 1.54) is 0 Å². The molecule has 2 heterocycles. The van der Waals surface area contributed by atoms with Crippen molar-refractivity contribution in [2.75, 3.05) is 7.05 Å². The molecule has 1 amide bonds. The number of rotatable bonds is 3. The molecule has 0 bridgehead atoms. The number of ether oxygens (including phenoxy) is 1. The predicted octanol–water partition coefficient (Wildman–Crippen LogP) is 2.68. The molecule has 7 nitrogen and oxygen atoms in total. The lowest BCUT2D eigenvalue weighted by molar-refractivity contribution is 0.0998. The van der Waals surface area contributed by atoms with Gasteiger partial charge >= 0.3 is 0 Å². The number of nitrogens with one attached hydrogen (secondary N) is 2. The Bertz CT molecular complexity index is 921. The fourth-order valence-electron chi connectivity index (χ4n) is 2.11. The van der Waals surface area contributed by atoms with Crippen molar-refractivity contribution >= 4 is 34.4 Å². The molecule has 0 unspecified atom stereocenters. The van der Waals surface area contributed by atoms with Gasteiger partial charge in [-0.1, -0.05) is 11.6 Å². The van der Waals surface area contributed by atoms with Crippen LogP contribution in [0.1, 0.15) is 10.5 Å². The zero-order valence-corrected chi connectivity index (χ0v) is 13.5. The Morgan fingerprint density at radius 3 is 2.75 bits per heavy atom. The van der Waals surface area contributed by atoms with E-state index in [4.69, 9.17) is 22.1 Å². The molecule has 0 fully saturated rings. The second-order valence-corrected chi connectivity index (χ2v) is 5.29. The molecule has 3 aromatic rings. The van der Waals surface area contributed by atoms with Crippen molar-refractivity contribution in [2.45, 2.75) is 0 Å². The van der Waals surface area contributed by atoms with Crippen LogP contribution >= 0.6 is 11.6 Å². The van der Waals surface area contributed by atoms with Crippen LogP contribution < -0.4 is 15.8 Å². The van der Waals surface area contributed by atoms with E-state index in [9.17, 15) is 4.79 Å². The van der Waals surface area contributed by atoms with Crippen LogP contribution in [0.3, 0.4) is 0 Å². The normalized spacial score (nSPS) is 11.5. The van der Waals surface area contributed by atoms with Gasteiger partial charge in [0, 0.05) is 37.0 Å². The second-order valence-electron chi connectivity index (χ2n) is 4.89. The number of halogens is 1. The van der Waals surface area contributed by atoms with E-state index in [2.05, 4.69) is 20.3 Å². The van der Waals surface area contributed by atoms with Crippen molar-refractivity contribution in [3.05, 3.63) is 53.4 Å². The van der Waals surface area contributed by atoms with E-state index in [0.717, 1.165) is 0 Å².